The van der Waals surface area contributed by atoms with Gasteiger partial charge < -0.3 is 5.32 Å². The second-order valence-electron chi connectivity index (χ2n) is 3.49. The number of hydrogen-bond donors (Lipinski definition) is 1. The number of nitrogens with zero attached hydrogens (tertiary/aromatic N) is 2. The fourth-order valence-corrected chi connectivity index (χ4v) is 2.37. The first-order valence-electron chi connectivity index (χ1n) is 4.65. The van der Waals surface area contributed by atoms with Crippen LogP contribution >= 0.6 is 36.2 Å². The van der Waals surface area contributed by atoms with Gasteiger partial charge in [0, 0.05) is 24.2 Å². The van der Waals surface area contributed by atoms with Gasteiger partial charge in [-0.15, -0.1) is 36.2 Å². The largest absolute Gasteiger partial charge is 0.315 e. The molecule has 2 rings (SSSR count). The number of nitrogens with one attached hydrogen (secondary N) is 1. The number of hydrogen-bond acceptors (Lipinski definition) is 4. The van der Waals surface area contributed by atoms with Crippen LogP contribution in [-0.4, -0.2) is 36.1 Å². The molecule has 1 atom stereocenters. The normalized spacial score (nSPS) is 19.7. The average Bonchev–Trinajstić information content (AvgIpc) is 2.74. The molecule has 1 aromatic heterocycles. The van der Waals surface area contributed by atoms with E-state index >= 15 is 0 Å². The minimum atomic E-state index is 0. The highest BCUT2D eigenvalue weighted by molar-refractivity contribution is 7.09. The summed E-state index contributed by atoms with van der Waals surface area (Å²) in [5, 5.41) is 6.63. The topological polar surface area (TPSA) is 28.2 Å². The molecule has 0 spiro atoms. The number of halogens is 2. The van der Waals surface area contributed by atoms with Crippen LogP contribution in [0.3, 0.4) is 0 Å². The highest BCUT2D eigenvalue weighted by Gasteiger charge is 2.19. The number of likely N-dealkylation sites (N-methyl/N-ethyl adjacent to an activating group) is 1. The van der Waals surface area contributed by atoms with E-state index in [2.05, 4.69) is 22.2 Å². The van der Waals surface area contributed by atoms with Crippen molar-refractivity contribution in [1.82, 2.24) is 15.2 Å². The first-order chi connectivity index (χ1) is 6.36. The van der Waals surface area contributed by atoms with E-state index < -0.39 is 0 Å². The molecule has 1 saturated heterocycles. The number of rotatable bonds is 3. The van der Waals surface area contributed by atoms with E-state index in [1.54, 1.807) is 11.3 Å². The second kappa shape index (κ2) is 7.41. The van der Waals surface area contributed by atoms with Crippen LogP contribution in [0.5, 0.6) is 0 Å². The van der Waals surface area contributed by atoms with Crippen LogP contribution < -0.4 is 5.32 Å². The van der Waals surface area contributed by atoms with Crippen molar-refractivity contribution < 1.29 is 0 Å². The maximum Gasteiger partial charge on any atom is 0.107 e. The Kier molecular flexibility index (Phi) is 7.48. The molecule has 1 fully saturated rings. The molecule has 1 aliphatic heterocycles. The summed E-state index contributed by atoms with van der Waals surface area (Å²) in [5.74, 6) is 0. The Hall–Kier alpha value is 0.130. The van der Waals surface area contributed by atoms with E-state index in [0.717, 1.165) is 19.6 Å². The minimum Gasteiger partial charge on any atom is -0.315 e. The van der Waals surface area contributed by atoms with Crippen molar-refractivity contribution in [2.45, 2.75) is 19.0 Å². The quantitative estimate of drug-likeness (QED) is 0.907. The van der Waals surface area contributed by atoms with Gasteiger partial charge in [0.2, 0.25) is 0 Å². The fourth-order valence-electron chi connectivity index (χ4n) is 1.69. The summed E-state index contributed by atoms with van der Waals surface area (Å²) in [4.78, 5) is 6.67. The zero-order valence-corrected chi connectivity index (χ0v) is 11.1. The van der Waals surface area contributed by atoms with Crippen molar-refractivity contribution in [2.24, 2.45) is 0 Å². The van der Waals surface area contributed by atoms with Crippen LogP contribution in [0.2, 0.25) is 0 Å². The standard InChI is InChI=1S/C9H15N3S.2ClH/c1-12(8-2-3-10-6-8)7-9-11-4-5-13-9;;/h4-5,8,10H,2-3,6-7H2,1H3;2*1H. The van der Waals surface area contributed by atoms with Crippen molar-refractivity contribution in [3.05, 3.63) is 16.6 Å². The Balaban J connectivity index is 0.000000980. The molecular formula is C9H17Cl2N3S. The van der Waals surface area contributed by atoms with Crippen LogP contribution in [0.4, 0.5) is 0 Å². The molecule has 0 aliphatic carbocycles. The lowest BCUT2D eigenvalue weighted by atomic mass is 10.2. The van der Waals surface area contributed by atoms with Crippen LogP contribution in [-0.2, 0) is 6.54 Å². The van der Waals surface area contributed by atoms with Gasteiger partial charge in [0.1, 0.15) is 5.01 Å². The smallest absolute Gasteiger partial charge is 0.107 e. The first kappa shape index (κ1) is 15.1. The first-order valence-corrected chi connectivity index (χ1v) is 5.53. The molecule has 1 aliphatic rings. The van der Waals surface area contributed by atoms with E-state index in [9.17, 15) is 0 Å². The summed E-state index contributed by atoms with van der Waals surface area (Å²) < 4.78 is 0. The van der Waals surface area contributed by atoms with Gasteiger partial charge in [-0.1, -0.05) is 0 Å². The van der Waals surface area contributed by atoms with Crippen LogP contribution in [0.1, 0.15) is 11.4 Å². The Morgan fingerprint density at radius 1 is 1.60 bits per heavy atom. The third kappa shape index (κ3) is 4.25. The van der Waals surface area contributed by atoms with Crippen molar-refractivity contribution in [3.63, 3.8) is 0 Å². The van der Waals surface area contributed by atoms with E-state index in [4.69, 9.17) is 0 Å². The lowest BCUT2D eigenvalue weighted by molar-refractivity contribution is 0.248. The molecule has 0 aromatic carbocycles. The van der Waals surface area contributed by atoms with Crippen molar-refractivity contribution >= 4 is 36.2 Å². The third-order valence-electron chi connectivity index (χ3n) is 2.53. The molecule has 1 unspecified atom stereocenters. The highest BCUT2D eigenvalue weighted by atomic mass is 35.5. The predicted octanol–water partition coefficient (Wildman–Crippen LogP) is 1.78. The Morgan fingerprint density at radius 2 is 2.40 bits per heavy atom. The maximum absolute atomic E-state index is 4.28. The van der Waals surface area contributed by atoms with Gasteiger partial charge in [-0.2, -0.15) is 0 Å². The SMILES string of the molecule is CN(Cc1nccs1)C1CCNC1.Cl.Cl. The average molecular weight is 270 g/mol. The predicted molar refractivity (Wildman–Crippen MR) is 69.4 cm³/mol. The molecular weight excluding hydrogens is 253 g/mol. The summed E-state index contributed by atoms with van der Waals surface area (Å²) in [6.45, 7) is 3.28. The molecule has 3 nitrogen and oxygen atoms in total. The summed E-state index contributed by atoms with van der Waals surface area (Å²) in [6.07, 6.45) is 3.14. The van der Waals surface area contributed by atoms with E-state index in [1.165, 1.54) is 11.4 Å². The second-order valence-corrected chi connectivity index (χ2v) is 4.47. The van der Waals surface area contributed by atoms with Gasteiger partial charge in [-0.05, 0) is 20.0 Å². The molecule has 0 bridgehead atoms. The zero-order valence-electron chi connectivity index (χ0n) is 8.68. The molecule has 0 amide bonds. The van der Waals surface area contributed by atoms with Gasteiger partial charge in [0.15, 0.2) is 0 Å². The van der Waals surface area contributed by atoms with Gasteiger partial charge in [0.25, 0.3) is 0 Å². The molecule has 1 aromatic rings. The molecule has 88 valence electrons. The monoisotopic (exact) mass is 269 g/mol. The van der Waals surface area contributed by atoms with Crippen molar-refractivity contribution in [2.75, 3.05) is 20.1 Å². The van der Waals surface area contributed by atoms with Crippen molar-refractivity contribution in [1.29, 1.82) is 0 Å². The van der Waals surface area contributed by atoms with E-state index in [-0.39, 0.29) is 24.8 Å². The van der Waals surface area contributed by atoms with Crippen LogP contribution in [0, 0.1) is 0 Å². The summed E-state index contributed by atoms with van der Waals surface area (Å²) in [5.41, 5.74) is 0. The maximum atomic E-state index is 4.28. The fraction of sp³-hybridized carbons (Fsp3) is 0.667. The van der Waals surface area contributed by atoms with Gasteiger partial charge >= 0.3 is 0 Å². The van der Waals surface area contributed by atoms with Gasteiger partial charge in [-0.3, -0.25) is 4.90 Å². The summed E-state index contributed by atoms with van der Waals surface area (Å²) in [7, 11) is 2.18. The van der Waals surface area contributed by atoms with E-state index in [1.807, 2.05) is 11.6 Å². The molecule has 1 N–H and O–H groups in total. The summed E-state index contributed by atoms with van der Waals surface area (Å²) >= 11 is 1.74. The van der Waals surface area contributed by atoms with Crippen molar-refractivity contribution in [3.8, 4) is 0 Å². The molecule has 6 heteroatoms. The Morgan fingerprint density at radius 3 is 2.93 bits per heavy atom. The highest BCUT2D eigenvalue weighted by Crippen LogP contribution is 2.12. The minimum absolute atomic E-state index is 0. The molecule has 0 radical (unpaired) electrons. The third-order valence-corrected chi connectivity index (χ3v) is 3.29. The van der Waals surface area contributed by atoms with E-state index in [0.29, 0.717) is 6.04 Å². The Labute approximate surface area is 107 Å². The lowest BCUT2D eigenvalue weighted by Gasteiger charge is -2.21. The molecule has 2 heterocycles. The Bertz CT molecular complexity index is 250. The lowest BCUT2D eigenvalue weighted by Crippen LogP contribution is -2.32. The molecule has 15 heavy (non-hydrogen) atoms. The van der Waals surface area contributed by atoms with Gasteiger partial charge in [0.05, 0.1) is 6.54 Å². The summed E-state index contributed by atoms with van der Waals surface area (Å²) in [6, 6.07) is 0.698. The number of thiazole rings is 1. The molecule has 0 saturated carbocycles. The van der Waals surface area contributed by atoms with Crippen LogP contribution in [0.15, 0.2) is 11.6 Å². The van der Waals surface area contributed by atoms with Gasteiger partial charge in [-0.25, -0.2) is 4.98 Å². The zero-order chi connectivity index (χ0) is 9.10. The number of aromatic nitrogens is 1. The van der Waals surface area contributed by atoms with Crippen LogP contribution in [0.25, 0.3) is 0 Å².